The Bertz CT molecular complexity index is 1880. The summed E-state index contributed by atoms with van der Waals surface area (Å²) >= 11 is 0. The molecule has 19 nitrogen and oxygen atoms in total. The molecule has 3 rings (SSSR count). The monoisotopic (exact) mass is 946 g/mol. The van der Waals surface area contributed by atoms with E-state index in [0.717, 1.165) is 5.56 Å². The van der Waals surface area contributed by atoms with Crippen LogP contribution in [0.15, 0.2) is 42.5 Å². The van der Waals surface area contributed by atoms with E-state index in [2.05, 4.69) is 158 Å². The number of phenols is 2. The minimum absolute atomic E-state index is 0. The molecule has 0 aromatic heterocycles. The number of phenolic OH excluding ortho intramolecular Hbond substituents is 2. The Hall–Kier alpha value is -7.64. The smallest absolute Gasteiger partial charge is 0.150 e. The molecule has 0 spiro atoms. The van der Waals surface area contributed by atoms with Crippen LogP contribution in [-0.4, -0.2) is 47.9 Å². The number of aliphatic hydroxyl groups is 1. The molecule has 0 saturated heterocycles. The molecule has 1 heterocycles. The number of aliphatic hydroxyl groups excluding tert-OH is 1. The van der Waals surface area contributed by atoms with Crippen LogP contribution in [0.3, 0.4) is 0 Å². The van der Waals surface area contributed by atoms with Gasteiger partial charge in [0.05, 0.1) is 6.10 Å². The van der Waals surface area contributed by atoms with E-state index in [1.54, 1.807) is 20.8 Å². The van der Waals surface area contributed by atoms with Crippen LogP contribution >= 0.6 is 0 Å². The van der Waals surface area contributed by atoms with Gasteiger partial charge in [-0.05, 0) is 150 Å². The molecule has 1 aliphatic heterocycles. The number of rotatable bonds is 9. The summed E-state index contributed by atoms with van der Waals surface area (Å²) in [5, 5.41) is 88.4. The molecule has 2 unspecified atom stereocenters. The summed E-state index contributed by atoms with van der Waals surface area (Å²) in [6.07, 6.45) is 30.6. The number of hydrogen-bond acceptors (Lipinski definition) is 18. The van der Waals surface area contributed by atoms with Crippen molar-refractivity contribution in [2.75, 3.05) is 0 Å². The second kappa shape index (κ2) is 85.6. The lowest BCUT2D eigenvalue weighted by molar-refractivity contribution is -0.784. The zero-order chi connectivity index (χ0) is 47.1. The van der Waals surface area contributed by atoms with E-state index in [1.807, 2.05) is 44.2 Å². The molecule has 19 heteroatoms. The summed E-state index contributed by atoms with van der Waals surface area (Å²) in [7, 11) is 0. The van der Waals surface area contributed by atoms with Gasteiger partial charge in [-0.3, -0.25) is 0 Å². The first-order valence-corrected chi connectivity index (χ1v) is 14.9. The second-order valence-corrected chi connectivity index (χ2v) is 7.98. The standard InChI is InChI=1S/C15H14O4.C7H4.C6H2.C5H4.C4H6.C3H4.C2H2.6CH4.2H2O7.H2O/c16-10-6-12(17)11-8-13(18)15(19-14(11)7-10)9-4-2-1-3-5-9;1-3-5-7-6-4-2;1-3-5-6-4-2;1-3-5-4-2;1-3-4-2;1-3-2;1-2;;;;;;;2*1-3-5-7-6-4-2;/h1-7,13,15-18H,8H2;1H,2H3;1-2H;1H,2H3;1-2H3;1H,2H3;1-2H;6*1H4;2*1-2H;1H2. The number of terminal acetylenes is 6. The van der Waals surface area contributed by atoms with E-state index in [1.165, 1.54) is 12.1 Å². The Morgan fingerprint density at radius 3 is 1.19 bits per heavy atom. The maximum Gasteiger partial charge on any atom is 0.150 e. The first kappa shape index (κ1) is 94.1. The first-order valence-electron chi connectivity index (χ1n) is 14.9. The molecule has 0 amide bonds. The van der Waals surface area contributed by atoms with Crippen molar-refractivity contribution in [2.24, 2.45) is 0 Å². The lowest BCUT2D eigenvalue weighted by Crippen LogP contribution is -2.30. The van der Waals surface area contributed by atoms with Crippen LogP contribution < -0.4 is 4.74 Å². The highest BCUT2D eigenvalue weighted by Gasteiger charge is 2.31. The Kier molecular flexibility index (Phi) is 120. The summed E-state index contributed by atoms with van der Waals surface area (Å²) in [4.78, 5) is 0. The minimum atomic E-state index is -0.731. The van der Waals surface area contributed by atoms with E-state index in [9.17, 15) is 15.3 Å². The second-order valence-electron chi connectivity index (χ2n) is 7.98. The number of hydrogen-bond donors (Lipinski definition) is 7. The van der Waals surface area contributed by atoms with Crippen LogP contribution in [0.5, 0.6) is 17.2 Å². The molecule has 0 saturated carbocycles. The first-order chi connectivity index (χ1) is 29.0. The summed E-state index contributed by atoms with van der Waals surface area (Å²) in [6, 6.07) is 12.1. The number of benzene rings is 2. The van der Waals surface area contributed by atoms with Crippen LogP contribution in [0, 0.1) is 134 Å². The fourth-order valence-corrected chi connectivity index (χ4v) is 2.74. The molecular weight excluding hydrogens is 881 g/mol. The van der Waals surface area contributed by atoms with Gasteiger partial charge in [0.1, 0.15) is 23.4 Å². The normalized spacial score (nSPS) is 9.30. The van der Waals surface area contributed by atoms with Crippen molar-refractivity contribution >= 4 is 0 Å². The van der Waals surface area contributed by atoms with Gasteiger partial charge in [0.25, 0.3) is 0 Å². The zero-order valence-electron chi connectivity index (χ0n) is 33.1. The van der Waals surface area contributed by atoms with E-state index >= 15 is 0 Å². The maximum absolute atomic E-state index is 10.2. The topological polar surface area (TPSA) is 275 Å². The Labute approximate surface area is 398 Å². The molecule has 0 aliphatic carbocycles. The van der Waals surface area contributed by atoms with Gasteiger partial charge in [-0.25, -0.2) is 21.0 Å². The SMILES string of the molecule is C.C.C.C.C.C.C#C.C#CC.C#CC#CC.C#CC#CC#C.C#CC#CC#CC.CC#CC.O.OOOOOOO.OOOOOOO.Oc1cc(O)c2c(c1)OC(c1ccccc1)C(O)C2. The highest BCUT2D eigenvalue weighted by atomic mass is 17.9. The lowest BCUT2D eigenvalue weighted by atomic mass is 9.94. The third-order valence-electron chi connectivity index (χ3n) is 4.52. The van der Waals surface area contributed by atoms with Crippen molar-refractivity contribution in [3.63, 3.8) is 0 Å². The molecule has 0 bridgehead atoms. The fourth-order valence-electron chi connectivity index (χ4n) is 2.74. The molecule has 0 radical (unpaired) electrons. The van der Waals surface area contributed by atoms with Crippen molar-refractivity contribution < 1.29 is 96.9 Å². The third kappa shape index (κ3) is 73.1. The van der Waals surface area contributed by atoms with Gasteiger partial charge in [0.2, 0.25) is 0 Å². The van der Waals surface area contributed by atoms with Crippen LogP contribution in [0.25, 0.3) is 0 Å². The average Bonchev–Trinajstić information content (AvgIpc) is 3.26. The van der Waals surface area contributed by atoms with Crippen molar-refractivity contribution in [1.82, 2.24) is 0 Å². The third-order valence-corrected chi connectivity index (χ3v) is 4.52. The van der Waals surface area contributed by atoms with Gasteiger partial charge < -0.3 is 25.5 Å². The van der Waals surface area contributed by atoms with Crippen LogP contribution in [0.2, 0.25) is 0 Å². The van der Waals surface area contributed by atoms with E-state index in [0.29, 0.717) is 17.7 Å². The van der Waals surface area contributed by atoms with Crippen molar-refractivity contribution in [1.29, 1.82) is 0 Å². The van der Waals surface area contributed by atoms with Crippen LogP contribution in [0.1, 0.15) is 96.4 Å². The van der Waals surface area contributed by atoms with Crippen LogP contribution in [0.4, 0.5) is 0 Å². The van der Waals surface area contributed by atoms with E-state index < -0.39 is 12.2 Å². The lowest BCUT2D eigenvalue weighted by Gasteiger charge is -2.31. The zero-order valence-corrected chi connectivity index (χ0v) is 33.1. The van der Waals surface area contributed by atoms with Gasteiger partial charge in [0, 0.05) is 24.1 Å². The highest BCUT2D eigenvalue weighted by molar-refractivity contribution is 5.51. The maximum atomic E-state index is 10.2. The predicted octanol–water partition coefficient (Wildman–Crippen LogP) is 7.94. The van der Waals surface area contributed by atoms with E-state index in [4.69, 9.17) is 51.5 Å². The van der Waals surface area contributed by atoms with Gasteiger partial charge in [0.15, 0.2) is 0 Å². The van der Waals surface area contributed by atoms with Gasteiger partial charge in [-0.2, -0.15) is 0 Å². The molecule has 1 aliphatic rings. The summed E-state index contributed by atoms with van der Waals surface area (Å²) in [5.41, 5.74) is 1.39. The number of fused-ring (bicyclic) bond motifs is 1. The van der Waals surface area contributed by atoms with Crippen LogP contribution in [-0.2, 0) is 56.8 Å². The summed E-state index contributed by atoms with van der Waals surface area (Å²) < 4.78 is 5.72. The Morgan fingerprint density at radius 1 is 0.537 bits per heavy atom. The van der Waals surface area contributed by atoms with Gasteiger partial charge >= 0.3 is 0 Å². The molecule has 372 valence electrons. The molecule has 2 aromatic rings. The summed E-state index contributed by atoms with van der Waals surface area (Å²) in [5.74, 6) is 35.6. The van der Waals surface area contributed by atoms with Gasteiger partial charge in [-0.1, -0.05) is 86.7 Å². The van der Waals surface area contributed by atoms with Gasteiger partial charge in [-0.15, -0.1) is 62.7 Å². The quantitative estimate of drug-likeness (QED) is 0.0544. The fraction of sp³-hybridized carbons (Fsp3) is 0.292. The van der Waals surface area contributed by atoms with E-state index in [-0.39, 0.29) is 61.5 Å². The largest absolute Gasteiger partial charge is 0.508 e. The molecular formula is C48H66O19. The highest BCUT2D eigenvalue weighted by Crippen LogP contribution is 2.41. The number of ether oxygens (including phenoxy) is 1. The molecule has 67 heavy (non-hydrogen) atoms. The Morgan fingerprint density at radius 2 is 0.896 bits per heavy atom. The molecule has 2 atom stereocenters. The molecule has 0 fully saturated rings. The minimum Gasteiger partial charge on any atom is -0.508 e. The van der Waals surface area contributed by atoms with Crippen molar-refractivity contribution in [3.05, 3.63) is 53.6 Å². The van der Waals surface area contributed by atoms with Crippen molar-refractivity contribution in [3.8, 4) is 151 Å². The summed E-state index contributed by atoms with van der Waals surface area (Å²) in [6.45, 7) is 8.71. The number of aromatic hydroxyl groups is 2. The Balaban J connectivity index is -0.0000000480. The molecule has 9 N–H and O–H groups in total. The molecule has 2 aromatic carbocycles. The van der Waals surface area contributed by atoms with Crippen molar-refractivity contribution in [2.45, 2.75) is 97.8 Å². The predicted molar refractivity (Wildman–Crippen MR) is 256 cm³/mol. The average molecular weight is 947 g/mol.